The maximum Gasteiger partial charge on any atom is 0.221 e. The molecule has 0 bridgehead atoms. The van der Waals surface area contributed by atoms with Crippen LogP contribution >= 0.6 is 11.6 Å². The van der Waals surface area contributed by atoms with Crippen LogP contribution in [0, 0.1) is 5.41 Å². The second-order valence-electron chi connectivity index (χ2n) is 4.22. The lowest BCUT2D eigenvalue weighted by Gasteiger charge is -2.03. The molecule has 1 aliphatic rings. The Morgan fingerprint density at radius 3 is 2.62 bits per heavy atom. The Kier molecular flexibility index (Phi) is 1.74. The van der Waals surface area contributed by atoms with Crippen molar-refractivity contribution in [1.82, 2.24) is 9.97 Å². The standard InChI is InChI=1S/C9H12ClN3/c1-9(2)4-5(9)6-3-7(10)13-8(11)12-6/h3,5H,4H2,1-2H3,(H2,11,12,13). The summed E-state index contributed by atoms with van der Waals surface area (Å²) >= 11 is 5.78. The minimum atomic E-state index is 0.269. The summed E-state index contributed by atoms with van der Waals surface area (Å²) in [5, 5.41) is 0.435. The number of hydrogen-bond acceptors (Lipinski definition) is 3. The van der Waals surface area contributed by atoms with E-state index in [1.165, 1.54) is 0 Å². The number of anilines is 1. The number of rotatable bonds is 1. The Balaban J connectivity index is 2.32. The highest BCUT2D eigenvalue weighted by Gasteiger charge is 2.47. The van der Waals surface area contributed by atoms with Gasteiger partial charge in [0.25, 0.3) is 0 Å². The van der Waals surface area contributed by atoms with Gasteiger partial charge in [-0.2, -0.15) is 0 Å². The van der Waals surface area contributed by atoms with Crippen LogP contribution in [0.2, 0.25) is 5.15 Å². The topological polar surface area (TPSA) is 51.8 Å². The highest BCUT2D eigenvalue weighted by Crippen LogP contribution is 2.58. The summed E-state index contributed by atoms with van der Waals surface area (Å²) in [6, 6.07) is 1.80. The van der Waals surface area contributed by atoms with Crippen molar-refractivity contribution in [2.75, 3.05) is 5.73 Å². The molecule has 0 amide bonds. The van der Waals surface area contributed by atoms with Gasteiger partial charge in [-0.1, -0.05) is 25.4 Å². The molecule has 70 valence electrons. The van der Waals surface area contributed by atoms with E-state index in [0.717, 1.165) is 12.1 Å². The average molecular weight is 198 g/mol. The van der Waals surface area contributed by atoms with Crippen molar-refractivity contribution >= 4 is 17.5 Å². The van der Waals surface area contributed by atoms with Crippen LogP contribution in [0.5, 0.6) is 0 Å². The SMILES string of the molecule is CC1(C)CC1c1cc(Cl)nc(N)n1. The zero-order valence-electron chi connectivity index (χ0n) is 7.71. The first-order valence-corrected chi connectivity index (χ1v) is 4.67. The highest BCUT2D eigenvalue weighted by atomic mass is 35.5. The molecule has 0 aliphatic heterocycles. The molecule has 1 atom stereocenters. The van der Waals surface area contributed by atoms with E-state index in [-0.39, 0.29) is 5.95 Å². The van der Waals surface area contributed by atoms with E-state index in [9.17, 15) is 0 Å². The molecule has 13 heavy (non-hydrogen) atoms. The van der Waals surface area contributed by atoms with Crippen molar-refractivity contribution in [3.8, 4) is 0 Å². The Bertz CT molecular complexity index is 328. The molecular weight excluding hydrogens is 186 g/mol. The molecule has 0 saturated heterocycles. The van der Waals surface area contributed by atoms with Crippen LogP contribution in [0.1, 0.15) is 31.9 Å². The number of nitrogens with two attached hydrogens (primary N) is 1. The van der Waals surface area contributed by atoms with E-state index in [2.05, 4.69) is 23.8 Å². The van der Waals surface area contributed by atoms with Gasteiger partial charge >= 0.3 is 0 Å². The fraction of sp³-hybridized carbons (Fsp3) is 0.556. The molecule has 0 spiro atoms. The summed E-state index contributed by atoms with van der Waals surface area (Å²) in [5.74, 6) is 0.764. The Morgan fingerprint density at radius 2 is 2.15 bits per heavy atom. The molecule has 1 aromatic heterocycles. The first-order chi connectivity index (χ1) is 5.99. The lowest BCUT2D eigenvalue weighted by atomic mass is 10.1. The van der Waals surface area contributed by atoms with Gasteiger partial charge in [0.2, 0.25) is 5.95 Å². The van der Waals surface area contributed by atoms with E-state index in [1.807, 2.05) is 0 Å². The smallest absolute Gasteiger partial charge is 0.221 e. The molecule has 1 aromatic rings. The van der Waals surface area contributed by atoms with Gasteiger partial charge in [0.05, 0.1) is 5.69 Å². The van der Waals surface area contributed by atoms with Crippen molar-refractivity contribution in [3.63, 3.8) is 0 Å². The molecule has 4 heteroatoms. The van der Waals surface area contributed by atoms with E-state index >= 15 is 0 Å². The summed E-state index contributed by atoms with van der Waals surface area (Å²) in [6.45, 7) is 4.42. The van der Waals surface area contributed by atoms with Crippen molar-refractivity contribution in [3.05, 3.63) is 16.9 Å². The minimum Gasteiger partial charge on any atom is -0.368 e. The Hall–Kier alpha value is -0.830. The quantitative estimate of drug-likeness (QED) is 0.703. The van der Waals surface area contributed by atoms with Crippen LogP contribution in [-0.4, -0.2) is 9.97 Å². The summed E-state index contributed by atoms with van der Waals surface area (Å²) < 4.78 is 0. The molecule has 1 heterocycles. The zero-order chi connectivity index (χ0) is 9.64. The molecule has 1 aliphatic carbocycles. The summed E-state index contributed by atoms with van der Waals surface area (Å²) in [5.41, 5.74) is 6.83. The monoisotopic (exact) mass is 197 g/mol. The number of aromatic nitrogens is 2. The Labute approximate surface area is 82.3 Å². The van der Waals surface area contributed by atoms with Gasteiger partial charge in [0, 0.05) is 5.92 Å². The molecule has 2 N–H and O–H groups in total. The second kappa shape index (κ2) is 2.58. The maximum atomic E-state index is 5.78. The van der Waals surface area contributed by atoms with Crippen molar-refractivity contribution in [1.29, 1.82) is 0 Å². The molecule has 0 aromatic carbocycles. The van der Waals surface area contributed by atoms with Crippen molar-refractivity contribution in [2.45, 2.75) is 26.2 Å². The zero-order valence-corrected chi connectivity index (χ0v) is 8.47. The van der Waals surface area contributed by atoms with E-state index in [1.54, 1.807) is 6.07 Å². The fourth-order valence-corrected chi connectivity index (χ4v) is 1.80. The number of hydrogen-bond donors (Lipinski definition) is 1. The van der Waals surface area contributed by atoms with Crippen molar-refractivity contribution < 1.29 is 0 Å². The van der Waals surface area contributed by atoms with E-state index in [0.29, 0.717) is 16.5 Å². The van der Waals surface area contributed by atoms with Crippen LogP contribution in [0.3, 0.4) is 0 Å². The van der Waals surface area contributed by atoms with Crippen LogP contribution in [-0.2, 0) is 0 Å². The number of nitrogens with zero attached hydrogens (tertiary/aromatic N) is 2. The molecule has 3 nitrogen and oxygen atoms in total. The largest absolute Gasteiger partial charge is 0.368 e. The number of halogens is 1. The van der Waals surface area contributed by atoms with Gasteiger partial charge in [-0.15, -0.1) is 0 Å². The van der Waals surface area contributed by atoms with E-state index < -0.39 is 0 Å². The summed E-state index contributed by atoms with van der Waals surface area (Å²) in [7, 11) is 0. The van der Waals surface area contributed by atoms with Crippen LogP contribution in [0.4, 0.5) is 5.95 Å². The fourth-order valence-electron chi connectivity index (χ4n) is 1.60. The lowest BCUT2D eigenvalue weighted by Crippen LogP contribution is -2.00. The van der Waals surface area contributed by atoms with Gasteiger partial charge < -0.3 is 5.73 Å². The summed E-state index contributed by atoms with van der Waals surface area (Å²) in [4.78, 5) is 8.00. The minimum absolute atomic E-state index is 0.269. The third kappa shape index (κ3) is 1.61. The number of nitrogen functional groups attached to an aromatic ring is 1. The predicted octanol–water partition coefficient (Wildman–Crippen LogP) is 2.23. The second-order valence-corrected chi connectivity index (χ2v) is 4.61. The first kappa shape index (κ1) is 8.75. The predicted molar refractivity (Wildman–Crippen MR) is 52.6 cm³/mol. The molecule has 1 saturated carbocycles. The summed E-state index contributed by atoms with van der Waals surface area (Å²) in [6.07, 6.45) is 1.15. The van der Waals surface area contributed by atoms with Crippen LogP contribution < -0.4 is 5.73 Å². The maximum absolute atomic E-state index is 5.78. The van der Waals surface area contributed by atoms with Gasteiger partial charge in [-0.3, -0.25) is 0 Å². The van der Waals surface area contributed by atoms with Crippen molar-refractivity contribution in [2.24, 2.45) is 5.41 Å². The van der Waals surface area contributed by atoms with Gasteiger partial charge in [-0.05, 0) is 17.9 Å². The molecule has 0 radical (unpaired) electrons. The molecule has 1 unspecified atom stereocenters. The van der Waals surface area contributed by atoms with Crippen LogP contribution in [0.25, 0.3) is 0 Å². The van der Waals surface area contributed by atoms with Gasteiger partial charge in [0.15, 0.2) is 0 Å². The lowest BCUT2D eigenvalue weighted by molar-refractivity contribution is 0.616. The third-order valence-electron chi connectivity index (χ3n) is 2.60. The van der Waals surface area contributed by atoms with Crippen LogP contribution in [0.15, 0.2) is 6.07 Å². The average Bonchev–Trinajstić information content (AvgIpc) is 2.57. The van der Waals surface area contributed by atoms with Gasteiger partial charge in [0.1, 0.15) is 5.15 Å². The third-order valence-corrected chi connectivity index (χ3v) is 2.80. The molecule has 2 rings (SSSR count). The highest BCUT2D eigenvalue weighted by molar-refractivity contribution is 6.29. The normalized spacial score (nSPS) is 24.4. The molecular formula is C9H12ClN3. The molecule has 1 fully saturated rings. The van der Waals surface area contributed by atoms with Gasteiger partial charge in [-0.25, -0.2) is 9.97 Å². The first-order valence-electron chi connectivity index (χ1n) is 4.29. The Morgan fingerprint density at radius 1 is 1.54 bits per heavy atom. The van der Waals surface area contributed by atoms with E-state index in [4.69, 9.17) is 17.3 Å².